The lowest BCUT2D eigenvalue weighted by Gasteiger charge is -2.05. The van der Waals surface area contributed by atoms with E-state index in [2.05, 4.69) is 4.98 Å². The first kappa shape index (κ1) is 9.63. The van der Waals surface area contributed by atoms with Crippen molar-refractivity contribution >= 4 is 28.3 Å². The molecule has 1 rings (SSSR count). The van der Waals surface area contributed by atoms with E-state index in [-0.39, 0.29) is 5.56 Å². The molecular weight excluding hydrogens is 277 g/mol. The van der Waals surface area contributed by atoms with Crippen LogP contribution in [0.1, 0.15) is 17.7 Å². The second kappa shape index (κ2) is 3.51. The van der Waals surface area contributed by atoms with Crippen molar-refractivity contribution in [1.82, 2.24) is 4.98 Å². The summed E-state index contributed by atoms with van der Waals surface area (Å²) in [6.45, 7) is 1.69. The van der Waals surface area contributed by atoms with Crippen molar-refractivity contribution in [3.8, 4) is 0 Å². The van der Waals surface area contributed by atoms with Crippen LogP contribution in [0.4, 0.5) is 14.5 Å². The summed E-state index contributed by atoms with van der Waals surface area (Å²) in [7, 11) is 0. The van der Waals surface area contributed by atoms with Crippen molar-refractivity contribution in [3.63, 3.8) is 0 Å². The number of nitrogen functional groups attached to an aromatic ring is 1. The molecule has 0 aliphatic carbocycles. The van der Waals surface area contributed by atoms with Crippen LogP contribution in [-0.4, -0.2) is 4.98 Å². The van der Waals surface area contributed by atoms with Gasteiger partial charge in [0.1, 0.15) is 3.70 Å². The highest BCUT2D eigenvalue weighted by molar-refractivity contribution is 14.1. The second-order valence-corrected chi connectivity index (χ2v) is 3.37. The molecule has 2 nitrogen and oxygen atoms in total. The Bertz CT molecular complexity index is 302. The molecule has 0 aliphatic heterocycles. The monoisotopic (exact) mass is 284 g/mol. The lowest BCUT2D eigenvalue weighted by molar-refractivity contribution is 0.150. The number of anilines is 1. The zero-order valence-electron chi connectivity index (χ0n) is 6.31. The molecule has 0 unspecified atom stereocenters. The number of hydrogen-bond donors (Lipinski definition) is 1. The highest BCUT2D eigenvalue weighted by Crippen LogP contribution is 2.25. The predicted molar refractivity (Wildman–Crippen MR) is 51.1 cm³/mol. The van der Waals surface area contributed by atoms with Crippen LogP contribution in [0.2, 0.25) is 0 Å². The highest BCUT2D eigenvalue weighted by atomic mass is 127. The fraction of sp³-hybridized carbons (Fsp3) is 0.286. The molecule has 0 spiro atoms. The minimum atomic E-state index is -2.51. The Morgan fingerprint density at radius 1 is 1.58 bits per heavy atom. The minimum Gasteiger partial charge on any atom is -0.397 e. The summed E-state index contributed by atoms with van der Waals surface area (Å²) in [4.78, 5) is 3.88. The maximum absolute atomic E-state index is 12.2. The zero-order chi connectivity index (χ0) is 9.30. The van der Waals surface area contributed by atoms with Gasteiger partial charge in [-0.1, -0.05) is 0 Å². The van der Waals surface area contributed by atoms with E-state index in [0.717, 1.165) is 0 Å². The third kappa shape index (κ3) is 1.82. The third-order valence-electron chi connectivity index (χ3n) is 1.47. The van der Waals surface area contributed by atoms with Crippen molar-refractivity contribution in [1.29, 1.82) is 0 Å². The van der Waals surface area contributed by atoms with Gasteiger partial charge in [0.05, 0.1) is 16.9 Å². The fourth-order valence-corrected chi connectivity index (χ4v) is 1.51. The molecule has 0 atom stereocenters. The van der Waals surface area contributed by atoms with Crippen molar-refractivity contribution in [2.24, 2.45) is 0 Å². The van der Waals surface area contributed by atoms with Crippen LogP contribution in [0.3, 0.4) is 0 Å². The lowest BCUT2D eigenvalue weighted by Crippen LogP contribution is -2.00. The first-order valence-electron chi connectivity index (χ1n) is 3.23. The van der Waals surface area contributed by atoms with Gasteiger partial charge in [-0.3, -0.25) is 0 Å². The Morgan fingerprint density at radius 3 is 2.67 bits per heavy atom. The topological polar surface area (TPSA) is 38.9 Å². The second-order valence-electron chi connectivity index (χ2n) is 2.34. The smallest absolute Gasteiger partial charge is 0.266 e. The summed E-state index contributed by atoms with van der Waals surface area (Å²) in [6.07, 6.45) is -2.51. The van der Waals surface area contributed by atoms with Crippen LogP contribution < -0.4 is 5.73 Å². The molecule has 0 aliphatic rings. The van der Waals surface area contributed by atoms with E-state index in [4.69, 9.17) is 5.73 Å². The van der Waals surface area contributed by atoms with Gasteiger partial charge in [0.15, 0.2) is 0 Å². The molecule has 5 heteroatoms. The molecule has 1 aromatic heterocycles. The van der Waals surface area contributed by atoms with Crippen LogP contribution in [0.15, 0.2) is 6.07 Å². The Kier molecular flexibility index (Phi) is 2.81. The molecule has 12 heavy (non-hydrogen) atoms. The Balaban J connectivity index is 3.23. The molecule has 0 aromatic carbocycles. The van der Waals surface area contributed by atoms with Crippen LogP contribution in [0.25, 0.3) is 0 Å². The number of nitrogens with zero attached hydrogens (tertiary/aromatic N) is 1. The quantitative estimate of drug-likeness (QED) is 0.635. The van der Waals surface area contributed by atoms with E-state index in [1.54, 1.807) is 29.5 Å². The van der Waals surface area contributed by atoms with Gasteiger partial charge in [0.2, 0.25) is 0 Å². The summed E-state index contributed by atoms with van der Waals surface area (Å²) in [5.41, 5.74) is 6.23. The van der Waals surface area contributed by atoms with Gasteiger partial charge in [0.25, 0.3) is 6.43 Å². The molecule has 0 radical (unpaired) electrons. The van der Waals surface area contributed by atoms with Gasteiger partial charge in [-0.05, 0) is 35.6 Å². The summed E-state index contributed by atoms with van der Waals surface area (Å²) < 4.78 is 24.8. The first-order valence-corrected chi connectivity index (χ1v) is 4.31. The molecule has 0 fully saturated rings. The molecule has 0 amide bonds. The highest BCUT2D eigenvalue weighted by Gasteiger charge is 2.13. The largest absolute Gasteiger partial charge is 0.397 e. The molecule has 0 bridgehead atoms. The standard InChI is InChI=1S/C7H7F2IN2/c1-3-5(11)2-4(6(8)9)7(10)12-3/h2,6H,11H2,1H3. The maximum atomic E-state index is 12.2. The number of alkyl halides is 2. The average Bonchev–Trinajstić information content (AvgIpc) is 1.96. The zero-order valence-corrected chi connectivity index (χ0v) is 8.47. The minimum absolute atomic E-state index is 0.0984. The number of rotatable bonds is 1. The van der Waals surface area contributed by atoms with Gasteiger partial charge >= 0.3 is 0 Å². The van der Waals surface area contributed by atoms with Gasteiger partial charge in [-0.25, -0.2) is 13.8 Å². The molecule has 66 valence electrons. The predicted octanol–water partition coefficient (Wildman–Crippen LogP) is 2.51. The Labute approximate surface area is 82.3 Å². The van der Waals surface area contributed by atoms with Crippen LogP contribution in [0.5, 0.6) is 0 Å². The van der Waals surface area contributed by atoms with E-state index >= 15 is 0 Å². The van der Waals surface area contributed by atoms with Crippen molar-refractivity contribution < 1.29 is 8.78 Å². The van der Waals surface area contributed by atoms with E-state index < -0.39 is 6.43 Å². The van der Waals surface area contributed by atoms with Crippen LogP contribution in [0, 0.1) is 10.6 Å². The molecule has 1 heterocycles. The number of aryl methyl sites for hydroxylation is 1. The normalized spacial score (nSPS) is 10.8. The fourth-order valence-electron chi connectivity index (χ4n) is 0.761. The van der Waals surface area contributed by atoms with Crippen molar-refractivity contribution in [2.45, 2.75) is 13.3 Å². The summed E-state index contributed by atoms with van der Waals surface area (Å²) in [5.74, 6) is 0. The van der Waals surface area contributed by atoms with Gasteiger partial charge in [-0.2, -0.15) is 0 Å². The SMILES string of the molecule is Cc1nc(I)c(C(F)F)cc1N. The number of hydrogen-bond acceptors (Lipinski definition) is 2. The first-order chi connectivity index (χ1) is 5.52. The molecule has 0 saturated carbocycles. The number of pyridine rings is 1. The maximum Gasteiger partial charge on any atom is 0.266 e. The van der Waals surface area contributed by atoms with Crippen LogP contribution in [-0.2, 0) is 0 Å². The van der Waals surface area contributed by atoms with Crippen LogP contribution >= 0.6 is 22.6 Å². The van der Waals surface area contributed by atoms with Gasteiger partial charge in [0, 0.05) is 0 Å². The molecular formula is C7H7F2IN2. The molecule has 2 N–H and O–H groups in total. The molecule has 0 saturated heterocycles. The van der Waals surface area contributed by atoms with E-state index in [1.165, 1.54) is 6.07 Å². The lowest BCUT2D eigenvalue weighted by atomic mass is 10.2. The summed E-state index contributed by atoms with van der Waals surface area (Å²) in [6, 6.07) is 1.27. The number of halogens is 3. The van der Waals surface area contributed by atoms with Crippen molar-refractivity contribution in [2.75, 3.05) is 5.73 Å². The number of aromatic nitrogens is 1. The summed E-state index contributed by atoms with van der Waals surface area (Å²) in [5, 5.41) is 0. The third-order valence-corrected chi connectivity index (χ3v) is 2.33. The van der Waals surface area contributed by atoms with Gasteiger partial charge in [-0.15, -0.1) is 0 Å². The Hall–Kier alpha value is -0.460. The van der Waals surface area contributed by atoms with Crippen molar-refractivity contribution in [3.05, 3.63) is 21.0 Å². The average molecular weight is 284 g/mol. The number of nitrogens with two attached hydrogens (primary N) is 1. The van der Waals surface area contributed by atoms with E-state index in [9.17, 15) is 8.78 Å². The Morgan fingerprint density at radius 2 is 2.17 bits per heavy atom. The van der Waals surface area contributed by atoms with E-state index in [0.29, 0.717) is 15.1 Å². The van der Waals surface area contributed by atoms with Gasteiger partial charge < -0.3 is 5.73 Å². The molecule has 1 aromatic rings. The van der Waals surface area contributed by atoms with E-state index in [1.807, 2.05) is 0 Å². The summed E-state index contributed by atoms with van der Waals surface area (Å²) >= 11 is 1.77.